The molecule has 2 N–H and O–H groups in total. The fraction of sp³-hybridized carbons (Fsp3) is 1.00. The highest BCUT2D eigenvalue weighted by molar-refractivity contribution is 6.47. The zero-order valence-corrected chi connectivity index (χ0v) is 12.3. The van der Waals surface area contributed by atoms with Crippen LogP contribution < -0.4 is 5.73 Å². The third-order valence-electron chi connectivity index (χ3n) is 6.05. The van der Waals surface area contributed by atoms with Gasteiger partial charge in [0.25, 0.3) is 0 Å². The predicted molar refractivity (Wildman–Crippen MR) is 72.9 cm³/mol. The van der Waals surface area contributed by atoms with Crippen molar-refractivity contribution in [3.63, 3.8) is 0 Å². The van der Waals surface area contributed by atoms with Crippen LogP contribution in [0.3, 0.4) is 0 Å². The second-order valence-electron chi connectivity index (χ2n) is 7.66. The maximum absolute atomic E-state index is 6.31. The van der Waals surface area contributed by atoms with Crippen LogP contribution in [0, 0.1) is 23.2 Å². The van der Waals surface area contributed by atoms with E-state index in [4.69, 9.17) is 15.0 Å². The molecule has 102 valence electrons. The predicted octanol–water partition coefficient (Wildman–Crippen LogP) is 2.24. The molecule has 0 radical (unpaired) electrons. The van der Waals surface area contributed by atoms with E-state index in [0.29, 0.717) is 17.3 Å². The van der Waals surface area contributed by atoms with Gasteiger partial charge >= 0.3 is 7.12 Å². The Labute approximate surface area is 111 Å². The molecule has 1 saturated heterocycles. The number of hydrogen-bond acceptors (Lipinski definition) is 3. The summed E-state index contributed by atoms with van der Waals surface area (Å²) in [4.78, 5) is 0. The van der Waals surface area contributed by atoms with E-state index in [0.717, 1.165) is 12.3 Å². The molecule has 0 spiro atoms. The van der Waals surface area contributed by atoms with E-state index >= 15 is 0 Å². The first kappa shape index (κ1) is 13.0. The smallest absolute Gasteiger partial charge is 0.404 e. The molecule has 4 aliphatic rings. The van der Waals surface area contributed by atoms with E-state index < -0.39 is 0 Å². The van der Waals surface area contributed by atoms with Crippen LogP contribution in [0.2, 0.25) is 0 Å². The molecule has 5 atom stereocenters. The van der Waals surface area contributed by atoms with Gasteiger partial charge in [-0.25, -0.2) is 0 Å². The Morgan fingerprint density at radius 3 is 2.44 bits per heavy atom. The van der Waals surface area contributed by atoms with E-state index in [-0.39, 0.29) is 24.8 Å². The average Bonchev–Trinajstić information content (AvgIpc) is 2.63. The van der Waals surface area contributed by atoms with Crippen molar-refractivity contribution >= 4 is 7.12 Å². The molecule has 2 unspecified atom stereocenters. The van der Waals surface area contributed by atoms with Crippen molar-refractivity contribution in [2.75, 3.05) is 0 Å². The van der Waals surface area contributed by atoms with Gasteiger partial charge in [0.1, 0.15) is 0 Å². The maximum atomic E-state index is 6.31. The molecule has 3 nitrogen and oxygen atoms in total. The normalized spacial score (nSPS) is 46.8. The molecule has 1 aliphatic heterocycles. The number of rotatable bonds is 2. The van der Waals surface area contributed by atoms with Gasteiger partial charge in [0.05, 0.1) is 11.7 Å². The Kier molecular flexibility index (Phi) is 2.69. The molecule has 1 heterocycles. The SMILES string of the molecule is CC(C)C(N)B1OC2C[C@@H]3C[C@@H](C3(C)C)[C@]2(C)O1. The van der Waals surface area contributed by atoms with Crippen LogP contribution in [-0.2, 0) is 9.31 Å². The topological polar surface area (TPSA) is 44.5 Å². The molecule has 0 aromatic carbocycles. The van der Waals surface area contributed by atoms with Crippen LogP contribution in [0.25, 0.3) is 0 Å². The van der Waals surface area contributed by atoms with Gasteiger partial charge in [-0.3, -0.25) is 0 Å². The highest BCUT2D eigenvalue weighted by Gasteiger charge is 2.68. The zero-order valence-electron chi connectivity index (χ0n) is 12.3. The first-order valence-corrected chi connectivity index (χ1v) is 7.35. The van der Waals surface area contributed by atoms with Crippen molar-refractivity contribution in [3.8, 4) is 0 Å². The van der Waals surface area contributed by atoms with Crippen LogP contribution in [0.5, 0.6) is 0 Å². The highest BCUT2D eigenvalue weighted by Crippen LogP contribution is 2.65. The van der Waals surface area contributed by atoms with Gasteiger partial charge in [-0.15, -0.1) is 0 Å². The van der Waals surface area contributed by atoms with E-state index in [2.05, 4.69) is 34.6 Å². The molecular weight excluding hydrogens is 225 g/mol. The van der Waals surface area contributed by atoms with Gasteiger partial charge in [-0.05, 0) is 42.9 Å². The minimum atomic E-state index is -0.213. The first-order valence-electron chi connectivity index (χ1n) is 7.35. The van der Waals surface area contributed by atoms with Gasteiger partial charge < -0.3 is 15.0 Å². The number of nitrogens with two attached hydrogens (primary N) is 1. The summed E-state index contributed by atoms with van der Waals surface area (Å²) in [6.07, 6.45) is 2.69. The lowest BCUT2D eigenvalue weighted by Crippen LogP contribution is -2.65. The van der Waals surface area contributed by atoms with Crippen molar-refractivity contribution in [2.24, 2.45) is 28.9 Å². The summed E-state index contributed by atoms with van der Waals surface area (Å²) in [6.45, 7) is 11.3. The molecule has 3 aliphatic carbocycles. The summed E-state index contributed by atoms with van der Waals surface area (Å²) in [6, 6.07) is 0. The molecule has 0 amide bonds. The summed E-state index contributed by atoms with van der Waals surface area (Å²) in [5.41, 5.74) is 6.50. The summed E-state index contributed by atoms with van der Waals surface area (Å²) in [5.74, 6) is 1.80. The largest absolute Gasteiger partial charge is 0.475 e. The lowest BCUT2D eigenvalue weighted by molar-refractivity contribution is -0.199. The minimum absolute atomic E-state index is 0.0206. The first-order chi connectivity index (χ1) is 8.26. The summed E-state index contributed by atoms with van der Waals surface area (Å²) < 4.78 is 12.5. The summed E-state index contributed by atoms with van der Waals surface area (Å²) in [7, 11) is -0.213. The molecule has 18 heavy (non-hydrogen) atoms. The Balaban J connectivity index is 1.81. The molecule has 4 rings (SSSR count). The van der Waals surface area contributed by atoms with Crippen LogP contribution >= 0.6 is 0 Å². The third-order valence-corrected chi connectivity index (χ3v) is 6.05. The molecule has 2 bridgehead atoms. The molecular formula is C14H26BNO2. The highest BCUT2D eigenvalue weighted by atomic mass is 16.7. The second kappa shape index (κ2) is 3.74. The molecule has 0 aromatic heterocycles. The monoisotopic (exact) mass is 251 g/mol. The van der Waals surface area contributed by atoms with E-state index in [1.165, 1.54) is 6.42 Å². The fourth-order valence-electron chi connectivity index (χ4n) is 4.38. The minimum Gasteiger partial charge on any atom is -0.404 e. The summed E-state index contributed by atoms with van der Waals surface area (Å²) in [5, 5.41) is 0. The van der Waals surface area contributed by atoms with Crippen molar-refractivity contribution in [3.05, 3.63) is 0 Å². The lowest BCUT2D eigenvalue weighted by Gasteiger charge is -2.64. The van der Waals surface area contributed by atoms with Crippen LogP contribution in [0.1, 0.15) is 47.5 Å². The van der Waals surface area contributed by atoms with Crippen molar-refractivity contribution in [1.82, 2.24) is 0 Å². The standard InChI is InChI=1S/C14H26BNO2/c1-8(2)12(16)15-17-11-7-9-6-10(13(9,3)4)14(11,5)18-15/h8-12H,6-7,16H2,1-5H3/t9-,10-,11?,12?,14-/m0/s1. The quantitative estimate of drug-likeness (QED) is 0.765. The van der Waals surface area contributed by atoms with Crippen molar-refractivity contribution in [2.45, 2.75) is 65.1 Å². The van der Waals surface area contributed by atoms with Gasteiger partial charge in [-0.1, -0.05) is 27.7 Å². The maximum Gasteiger partial charge on any atom is 0.475 e. The number of hydrogen-bond donors (Lipinski definition) is 1. The third kappa shape index (κ3) is 1.49. The molecule has 4 heteroatoms. The van der Waals surface area contributed by atoms with Crippen molar-refractivity contribution < 1.29 is 9.31 Å². The fourth-order valence-corrected chi connectivity index (χ4v) is 4.38. The Morgan fingerprint density at radius 2 is 1.89 bits per heavy atom. The molecule has 0 aromatic rings. The molecule has 4 fully saturated rings. The Morgan fingerprint density at radius 1 is 1.22 bits per heavy atom. The van der Waals surface area contributed by atoms with Gasteiger partial charge in [0.2, 0.25) is 0 Å². The van der Waals surface area contributed by atoms with Crippen LogP contribution in [-0.4, -0.2) is 24.8 Å². The summed E-state index contributed by atoms with van der Waals surface area (Å²) >= 11 is 0. The van der Waals surface area contributed by atoms with E-state index in [1.807, 2.05) is 0 Å². The van der Waals surface area contributed by atoms with Crippen molar-refractivity contribution in [1.29, 1.82) is 0 Å². The zero-order chi connectivity index (χ0) is 13.3. The van der Waals surface area contributed by atoms with E-state index in [9.17, 15) is 0 Å². The van der Waals surface area contributed by atoms with Gasteiger partial charge in [-0.2, -0.15) is 0 Å². The van der Waals surface area contributed by atoms with Gasteiger partial charge in [0, 0.05) is 5.94 Å². The van der Waals surface area contributed by atoms with Gasteiger partial charge in [0.15, 0.2) is 0 Å². The van der Waals surface area contributed by atoms with E-state index in [1.54, 1.807) is 0 Å². The van der Waals surface area contributed by atoms with Crippen LogP contribution in [0.4, 0.5) is 0 Å². The Bertz CT molecular complexity index is 360. The average molecular weight is 251 g/mol. The Hall–Kier alpha value is -0.0551. The lowest BCUT2D eigenvalue weighted by atomic mass is 9.43. The van der Waals surface area contributed by atoms with Crippen LogP contribution in [0.15, 0.2) is 0 Å². The second-order valence-corrected chi connectivity index (χ2v) is 7.66. The molecule has 3 saturated carbocycles.